The highest BCUT2D eigenvalue weighted by atomic mass is 32.2. The van der Waals surface area contributed by atoms with Gasteiger partial charge in [-0.05, 0) is 36.1 Å². The third-order valence-electron chi connectivity index (χ3n) is 3.16. The molecule has 0 aliphatic heterocycles. The number of carbonyl (C=O) groups is 2. The van der Waals surface area contributed by atoms with Crippen LogP contribution in [0.1, 0.15) is 26.3 Å². The Balaban J connectivity index is 1.94. The van der Waals surface area contributed by atoms with Crippen LogP contribution in [0.25, 0.3) is 0 Å². The fourth-order valence-corrected chi connectivity index (χ4v) is 2.39. The van der Waals surface area contributed by atoms with E-state index in [1.165, 1.54) is 17.0 Å². The molecule has 0 fully saturated rings. The minimum Gasteiger partial charge on any atom is -0.478 e. The summed E-state index contributed by atoms with van der Waals surface area (Å²) in [5, 5.41) is 9.06. The molecule has 2 aromatic carbocycles. The molecule has 0 amide bonds. The van der Waals surface area contributed by atoms with Gasteiger partial charge in [0, 0.05) is 11.3 Å². The first-order valence-electron chi connectivity index (χ1n) is 6.74. The number of hydrogen-bond donors (Lipinski definition) is 1. The average molecular weight is 316 g/mol. The molecule has 114 valence electrons. The van der Waals surface area contributed by atoms with Gasteiger partial charge in [0.2, 0.25) is 0 Å². The molecule has 22 heavy (non-hydrogen) atoms. The molecule has 0 radical (unpaired) electrons. The molecule has 5 heteroatoms. The number of esters is 1. The SMILES string of the molecule is CSc1ccc(CCOC(=O)c2ccccc2C(=O)O)cc1. The number of carboxylic acid groups (broad SMARTS) is 1. The van der Waals surface area contributed by atoms with Gasteiger partial charge in [0.15, 0.2) is 0 Å². The van der Waals surface area contributed by atoms with Crippen LogP contribution < -0.4 is 0 Å². The minimum atomic E-state index is -1.14. The predicted octanol–water partition coefficient (Wildman–Crippen LogP) is 3.51. The van der Waals surface area contributed by atoms with Crippen LogP contribution in [0.4, 0.5) is 0 Å². The Morgan fingerprint density at radius 2 is 1.68 bits per heavy atom. The molecule has 4 nitrogen and oxygen atoms in total. The van der Waals surface area contributed by atoms with E-state index in [1.54, 1.807) is 23.9 Å². The van der Waals surface area contributed by atoms with Crippen LogP contribution in [0.15, 0.2) is 53.4 Å². The number of aromatic carboxylic acids is 1. The van der Waals surface area contributed by atoms with Crippen LogP contribution in [0.2, 0.25) is 0 Å². The molecular weight excluding hydrogens is 300 g/mol. The van der Waals surface area contributed by atoms with Crippen molar-refractivity contribution in [2.75, 3.05) is 12.9 Å². The first kappa shape index (κ1) is 16.1. The van der Waals surface area contributed by atoms with Crippen LogP contribution in [-0.4, -0.2) is 29.9 Å². The van der Waals surface area contributed by atoms with Gasteiger partial charge in [-0.15, -0.1) is 11.8 Å². The van der Waals surface area contributed by atoms with Crippen molar-refractivity contribution in [3.05, 3.63) is 65.2 Å². The molecule has 2 rings (SSSR count). The standard InChI is InChI=1S/C17H16O4S/c1-22-13-8-6-12(7-9-13)10-11-21-17(20)15-5-3-2-4-14(15)16(18)19/h2-9H,10-11H2,1H3,(H,18,19). The summed E-state index contributed by atoms with van der Waals surface area (Å²) in [5.41, 5.74) is 1.10. The van der Waals surface area contributed by atoms with Crippen molar-refractivity contribution in [3.8, 4) is 0 Å². The van der Waals surface area contributed by atoms with Crippen molar-refractivity contribution < 1.29 is 19.4 Å². The van der Waals surface area contributed by atoms with E-state index in [0.29, 0.717) is 6.42 Å². The van der Waals surface area contributed by atoms with Crippen molar-refractivity contribution in [1.29, 1.82) is 0 Å². The molecule has 0 heterocycles. The number of ether oxygens (including phenoxy) is 1. The Kier molecular flexibility index (Phi) is 5.61. The van der Waals surface area contributed by atoms with Crippen LogP contribution in [-0.2, 0) is 11.2 Å². The summed E-state index contributed by atoms with van der Waals surface area (Å²) >= 11 is 1.67. The normalized spacial score (nSPS) is 10.2. The van der Waals surface area contributed by atoms with E-state index in [0.717, 1.165) is 5.56 Å². The maximum atomic E-state index is 12.0. The van der Waals surface area contributed by atoms with Gasteiger partial charge in [0.1, 0.15) is 0 Å². The second-order valence-corrected chi connectivity index (χ2v) is 5.46. The van der Waals surface area contributed by atoms with E-state index >= 15 is 0 Å². The van der Waals surface area contributed by atoms with E-state index in [1.807, 2.05) is 30.5 Å². The van der Waals surface area contributed by atoms with Crippen LogP contribution in [0.3, 0.4) is 0 Å². The Bertz CT molecular complexity index is 665. The lowest BCUT2D eigenvalue weighted by Gasteiger charge is -2.07. The van der Waals surface area contributed by atoms with Crippen molar-refractivity contribution in [1.82, 2.24) is 0 Å². The van der Waals surface area contributed by atoms with Gasteiger partial charge in [0.25, 0.3) is 0 Å². The molecule has 0 aliphatic rings. The second kappa shape index (κ2) is 7.66. The predicted molar refractivity (Wildman–Crippen MR) is 85.6 cm³/mol. The Morgan fingerprint density at radius 3 is 2.27 bits per heavy atom. The van der Waals surface area contributed by atoms with Gasteiger partial charge in [-0.3, -0.25) is 0 Å². The van der Waals surface area contributed by atoms with Gasteiger partial charge in [-0.2, -0.15) is 0 Å². The molecule has 0 atom stereocenters. The zero-order valence-corrected chi connectivity index (χ0v) is 12.9. The summed E-state index contributed by atoms with van der Waals surface area (Å²) in [6.07, 6.45) is 2.60. The maximum Gasteiger partial charge on any atom is 0.339 e. The molecule has 0 aliphatic carbocycles. The van der Waals surface area contributed by atoms with Crippen molar-refractivity contribution in [3.63, 3.8) is 0 Å². The first-order chi connectivity index (χ1) is 10.6. The first-order valence-corrected chi connectivity index (χ1v) is 7.96. The number of thioether (sulfide) groups is 1. The number of carboxylic acids is 1. The second-order valence-electron chi connectivity index (χ2n) is 4.58. The van der Waals surface area contributed by atoms with Gasteiger partial charge < -0.3 is 9.84 Å². The van der Waals surface area contributed by atoms with E-state index in [2.05, 4.69) is 0 Å². The molecule has 2 aromatic rings. The monoisotopic (exact) mass is 316 g/mol. The van der Waals surface area contributed by atoms with Crippen LogP contribution in [0, 0.1) is 0 Å². The zero-order chi connectivity index (χ0) is 15.9. The topological polar surface area (TPSA) is 63.6 Å². The smallest absolute Gasteiger partial charge is 0.339 e. The average Bonchev–Trinajstić information content (AvgIpc) is 2.55. The summed E-state index contributed by atoms with van der Waals surface area (Å²) < 4.78 is 5.17. The van der Waals surface area contributed by atoms with E-state index in [-0.39, 0.29) is 17.7 Å². The molecule has 0 aromatic heterocycles. The number of benzene rings is 2. The Morgan fingerprint density at radius 1 is 1.05 bits per heavy atom. The summed E-state index contributed by atoms with van der Waals surface area (Å²) in [6.45, 7) is 0.214. The fourth-order valence-electron chi connectivity index (χ4n) is 1.98. The molecule has 0 saturated carbocycles. The van der Waals surface area contributed by atoms with Gasteiger partial charge in [-0.25, -0.2) is 9.59 Å². The summed E-state index contributed by atoms with van der Waals surface area (Å²) in [5.74, 6) is -1.75. The van der Waals surface area contributed by atoms with Crippen molar-refractivity contribution >= 4 is 23.7 Å². The molecule has 0 bridgehead atoms. The number of hydrogen-bond acceptors (Lipinski definition) is 4. The van der Waals surface area contributed by atoms with E-state index in [9.17, 15) is 9.59 Å². The van der Waals surface area contributed by atoms with Gasteiger partial charge in [0.05, 0.1) is 17.7 Å². The molecule has 1 N–H and O–H groups in total. The van der Waals surface area contributed by atoms with Crippen molar-refractivity contribution in [2.24, 2.45) is 0 Å². The van der Waals surface area contributed by atoms with Crippen molar-refractivity contribution in [2.45, 2.75) is 11.3 Å². The number of carbonyl (C=O) groups excluding carboxylic acids is 1. The largest absolute Gasteiger partial charge is 0.478 e. The summed E-state index contributed by atoms with van der Waals surface area (Å²) in [6, 6.07) is 14.1. The summed E-state index contributed by atoms with van der Waals surface area (Å²) in [7, 11) is 0. The van der Waals surface area contributed by atoms with E-state index < -0.39 is 11.9 Å². The van der Waals surface area contributed by atoms with Gasteiger partial charge >= 0.3 is 11.9 Å². The minimum absolute atomic E-state index is 0.0446. The van der Waals surface area contributed by atoms with Gasteiger partial charge in [-0.1, -0.05) is 24.3 Å². The highest BCUT2D eigenvalue weighted by Crippen LogP contribution is 2.15. The molecule has 0 unspecified atom stereocenters. The highest BCUT2D eigenvalue weighted by molar-refractivity contribution is 7.98. The van der Waals surface area contributed by atoms with E-state index in [4.69, 9.17) is 9.84 Å². The molecule has 0 saturated heterocycles. The fraction of sp³-hybridized carbons (Fsp3) is 0.176. The zero-order valence-electron chi connectivity index (χ0n) is 12.1. The molecule has 0 spiro atoms. The third kappa shape index (κ3) is 4.11. The molecular formula is C17H16O4S. The lowest BCUT2D eigenvalue weighted by Crippen LogP contribution is -2.13. The highest BCUT2D eigenvalue weighted by Gasteiger charge is 2.16. The number of rotatable bonds is 6. The lowest BCUT2D eigenvalue weighted by atomic mass is 10.1. The van der Waals surface area contributed by atoms with Crippen LogP contribution in [0.5, 0.6) is 0 Å². The summed E-state index contributed by atoms with van der Waals surface area (Å²) in [4.78, 5) is 24.2. The Labute approximate surface area is 133 Å². The van der Waals surface area contributed by atoms with Crippen LogP contribution >= 0.6 is 11.8 Å². The quantitative estimate of drug-likeness (QED) is 0.652. The Hall–Kier alpha value is -2.27. The third-order valence-corrected chi connectivity index (χ3v) is 3.90. The maximum absolute atomic E-state index is 12.0. The lowest BCUT2D eigenvalue weighted by molar-refractivity contribution is 0.0498.